The summed E-state index contributed by atoms with van der Waals surface area (Å²) in [6, 6.07) is 21.1. The van der Waals surface area contributed by atoms with E-state index >= 15 is 0 Å². The molecule has 8 rings (SSSR count). The van der Waals surface area contributed by atoms with Crippen LogP contribution in [-0.2, 0) is 16.2 Å². The zero-order valence-corrected chi connectivity index (χ0v) is 36.6. The van der Waals surface area contributed by atoms with Gasteiger partial charge < -0.3 is 5.11 Å². The number of aromatic nitrogens is 3. The average Bonchev–Trinajstić information content (AvgIpc) is 1.01. The summed E-state index contributed by atoms with van der Waals surface area (Å²) in [4.78, 5) is 9.76. The third kappa shape index (κ3) is 8.24. The van der Waals surface area contributed by atoms with Crippen molar-refractivity contribution in [2.45, 2.75) is 112 Å². The average molecular weight is 851 g/mol. The number of phenolic OH excluding ortho intramolecular Hbond substituents is 1. The van der Waals surface area contributed by atoms with Gasteiger partial charge in [0.2, 0.25) is 0 Å². The molecule has 0 bridgehead atoms. The van der Waals surface area contributed by atoms with Crippen molar-refractivity contribution in [3.63, 3.8) is 0 Å². The second-order valence-electron chi connectivity index (χ2n) is 18.3. The molecule has 0 aliphatic rings. The van der Waals surface area contributed by atoms with Crippen LogP contribution in [0.25, 0.3) is 72.7 Å². The molecule has 0 aliphatic carbocycles. The van der Waals surface area contributed by atoms with E-state index in [2.05, 4.69) is 4.98 Å². The van der Waals surface area contributed by atoms with Crippen molar-refractivity contribution in [1.29, 1.82) is 0 Å². The van der Waals surface area contributed by atoms with Crippen LogP contribution in [-0.4, -0.2) is 19.6 Å². The fraction of sp³-hybridized carbons (Fsp3) is 0.288. The van der Waals surface area contributed by atoms with E-state index in [1.807, 2.05) is 47.6 Å². The highest BCUT2D eigenvalue weighted by molar-refractivity contribution is 5.98. The number of hydrogen-bond donors (Lipinski definition) is 1. The number of phenols is 1. The molecule has 0 spiro atoms. The lowest BCUT2D eigenvalue weighted by atomic mass is 9.79. The first kappa shape index (κ1) is 24.5. The molecular weight excluding hydrogens is 767 g/mol. The summed E-state index contributed by atoms with van der Waals surface area (Å²) in [7, 11) is 0. The molecule has 0 radical (unpaired) electrons. The Morgan fingerprint density at radius 2 is 1.40 bits per heavy atom. The second-order valence-corrected chi connectivity index (χ2v) is 18.3. The third-order valence-corrected chi connectivity index (χ3v) is 11.4. The molecule has 8 aromatic rings. The van der Waals surface area contributed by atoms with Crippen LogP contribution in [0, 0.1) is 13.7 Å². The Labute approximate surface area is 405 Å². The summed E-state index contributed by atoms with van der Waals surface area (Å²) >= 11 is 0. The van der Waals surface area contributed by atoms with Gasteiger partial charge >= 0.3 is 0 Å². The Kier molecular flexibility index (Phi) is 6.29. The van der Waals surface area contributed by atoms with E-state index in [9.17, 15) is 7.85 Å². The summed E-state index contributed by atoms with van der Waals surface area (Å²) in [5.74, 6) is -1.51. The normalized spacial score (nSPS) is 18.4. The van der Waals surface area contributed by atoms with Crippen molar-refractivity contribution in [3.8, 4) is 67.5 Å². The highest BCUT2D eigenvalue weighted by Gasteiger charge is 2.30. The largest absolute Gasteiger partial charge is 0.507 e. The molecule has 320 valence electrons. The molecule has 0 unspecified atom stereocenters. The van der Waals surface area contributed by atoms with Gasteiger partial charge in [0.25, 0.3) is 0 Å². The summed E-state index contributed by atoms with van der Waals surface area (Å²) in [5, 5.41) is 12.7. The van der Waals surface area contributed by atoms with Gasteiger partial charge in [0.15, 0.2) is 0 Å². The fourth-order valence-corrected chi connectivity index (χ4v) is 7.96. The number of rotatable bonds is 7. The Bertz CT molecular complexity index is 3840. The van der Waals surface area contributed by atoms with Crippen LogP contribution in [0.3, 0.4) is 0 Å². The van der Waals surface area contributed by atoms with Gasteiger partial charge in [-0.2, -0.15) is 0 Å². The number of aromatic hydroxyl groups is 1. The molecule has 0 fully saturated rings. The first-order valence-electron chi connectivity index (χ1n) is 31.1. The van der Waals surface area contributed by atoms with Gasteiger partial charge in [-0.1, -0.05) is 167 Å². The minimum atomic E-state index is -3.85. The van der Waals surface area contributed by atoms with Crippen molar-refractivity contribution >= 4 is 11.0 Å². The maximum Gasteiger partial charge on any atom is 0.149 e. The number of benzene rings is 6. The van der Waals surface area contributed by atoms with E-state index in [1.165, 1.54) is 24.3 Å². The molecule has 0 amide bonds. The monoisotopic (exact) mass is 851 g/mol. The maximum absolute atomic E-state index is 12.7. The smallest absolute Gasteiger partial charge is 0.149 e. The highest BCUT2D eigenvalue weighted by Crippen LogP contribution is 2.46. The van der Waals surface area contributed by atoms with Crippen LogP contribution in [0.1, 0.15) is 144 Å². The minimum absolute atomic E-state index is 0.00959. The van der Waals surface area contributed by atoms with Crippen molar-refractivity contribution in [3.05, 3.63) is 167 Å². The van der Waals surface area contributed by atoms with Crippen LogP contribution < -0.4 is 0 Å². The number of aryl methyl sites for hydroxylation is 1. The fourth-order valence-electron chi connectivity index (χ4n) is 7.96. The molecule has 0 saturated carbocycles. The predicted molar refractivity (Wildman–Crippen MR) is 267 cm³/mol. The number of pyridine rings is 1. The lowest BCUT2D eigenvalue weighted by molar-refractivity contribution is 0.446. The topological polar surface area (TPSA) is 50.9 Å². The van der Waals surface area contributed by atoms with Crippen LogP contribution in [0.15, 0.2) is 133 Å². The summed E-state index contributed by atoms with van der Waals surface area (Å²) in [6.45, 7) is -2.82. The lowest BCUT2D eigenvalue weighted by Gasteiger charge is -2.27. The lowest BCUT2D eigenvalue weighted by Crippen LogP contribution is -2.17. The molecule has 4 nitrogen and oxygen atoms in total. The zero-order valence-electron chi connectivity index (χ0n) is 57.6. The van der Waals surface area contributed by atoms with Crippen LogP contribution in [0.4, 0.5) is 0 Å². The van der Waals surface area contributed by atoms with E-state index in [1.54, 1.807) is 73.0 Å². The van der Waals surface area contributed by atoms with Crippen LogP contribution in [0.2, 0.25) is 0 Å². The number of nitrogens with zero attached hydrogens (tertiary/aromatic N) is 3. The minimum Gasteiger partial charge on any atom is -0.507 e. The molecule has 4 heteroatoms. The number of imidazole rings is 1. The predicted octanol–water partition coefficient (Wildman–Crippen LogP) is 16.1. The van der Waals surface area contributed by atoms with Crippen molar-refractivity contribution < 1.29 is 33.9 Å². The molecule has 6 aromatic carbocycles. The summed E-state index contributed by atoms with van der Waals surface area (Å²) in [6.07, 6.45) is 0.954. The second kappa shape index (κ2) is 16.1. The number of hydrogen-bond acceptors (Lipinski definition) is 3. The van der Waals surface area contributed by atoms with Crippen LogP contribution in [0.5, 0.6) is 5.75 Å². The van der Waals surface area contributed by atoms with E-state index in [0.29, 0.717) is 11.1 Å². The highest BCUT2D eigenvalue weighted by atomic mass is 16.3. The third-order valence-electron chi connectivity index (χ3n) is 11.4. The van der Waals surface area contributed by atoms with E-state index in [4.69, 9.17) is 31.0 Å². The molecule has 0 saturated heterocycles. The number of para-hydroxylation sites is 1. The van der Waals surface area contributed by atoms with Gasteiger partial charge in [0.05, 0.1) is 34.8 Å². The van der Waals surface area contributed by atoms with Gasteiger partial charge in [-0.3, -0.25) is 9.55 Å². The van der Waals surface area contributed by atoms with E-state index in [-0.39, 0.29) is 72.8 Å². The van der Waals surface area contributed by atoms with Gasteiger partial charge in [0, 0.05) is 50.4 Å². The first-order chi connectivity index (χ1) is 38.3. The Morgan fingerprint density at radius 1 is 0.667 bits per heavy atom. The van der Waals surface area contributed by atoms with Crippen molar-refractivity contribution in [1.82, 2.24) is 14.5 Å². The van der Waals surface area contributed by atoms with Gasteiger partial charge in [-0.25, -0.2) is 4.98 Å². The molecule has 2 heterocycles. The number of fused-ring (bicyclic) bond motifs is 1. The van der Waals surface area contributed by atoms with Gasteiger partial charge in [-0.15, -0.1) is 0 Å². The summed E-state index contributed by atoms with van der Waals surface area (Å²) in [5.41, 5.74) is -5.87. The Balaban J connectivity index is 1.65. The Morgan fingerprint density at radius 3 is 2.06 bits per heavy atom. The summed E-state index contributed by atoms with van der Waals surface area (Å²) < 4.78 is 188. The molecular formula is C59H63N3O. The zero-order chi connectivity index (χ0) is 62.9. The molecule has 2 aromatic heterocycles. The van der Waals surface area contributed by atoms with E-state index < -0.39 is 109 Å². The van der Waals surface area contributed by atoms with Crippen LogP contribution >= 0.6 is 0 Å². The quantitative estimate of drug-likeness (QED) is 0.174. The Hall–Kier alpha value is -6.26. The first-order valence-corrected chi connectivity index (χ1v) is 20.6. The van der Waals surface area contributed by atoms with Gasteiger partial charge in [0.1, 0.15) is 11.6 Å². The molecule has 0 aliphatic heterocycles. The molecule has 0 atom stereocenters. The maximum atomic E-state index is 12.7. The van der Waals surface area contributed by atoms with E-state index in [0.717, 1.165) is 23.9 Å². The van der Waals surface area contributed by atoms with Crippen molar-refractivity contribution in [2.24, 2.45) is 0 Å². The van der Waals surface area contributed by atoms with Crippen molar-refractivity contribution in [2.75, 3.05) is 0 Å². The van der Waals surface area contributed by atoms with Gasteiger partial charge in [-0.05, 0) is 122 Å². The molecule has 63 heavy (non-hydrogen) atoms. The standard InChI is InChI=1S/C59H63N3O/c1-36(2)41-27-28-50(47(32-41)39-21-16-14-17-22-39)62-51-26-20-25-46(54(51)61-56(62)48-33-45(58(8,9)10)34-49(55(48)63)59(11,12)13)42-29-43(31-44(30-42)57(5,6)7)53-38(4)52(37(3)35-60-53)40-23-18-15-19-24-40/h14-36,63H,1-13H3/i3D3,4D3,5D3,6D3,7D3,14D,16D,17D,21D,22D,36D. The SMILES string of the molecule is [2H]c1c([2H])c([2H])c(-c2cc(C([2H])(C)C)ccc2-n2c(-c3cc(C(C)(C)C)cc(C(C)(C)C)c3O)nc3c(-c4cc(-c5ncc(C([2H])([2H])[2H])c(-c6ccccc6)c5C([2H])([2H])[2H])cc(C(C([2H])([2H])[2H])(C([2H])([2H])[2H])C([2H])([2H])[2H])c4)cccc32)c([2H])c1[2H]. The molecule has 1 N–H and O–H groups in total.